The Labute approximate surface area is 124 Å². The summed E-state index contributed by atoms with van der Waals surface area (Å²) in [5, 5.41) is 3.39. The largest absolute Gasteiger partial charge is 0.416 e. The van der Waals surface area contributed by atoms with Crippen molar-refractivity contribution in [3.05, 3.63) is 34.9 Å². The summed E-state index contributed by atoms with van der Waals surface area (Å²) in [7, 11) is 0. The zero-order valence-electron chi connectivity index (χ0n) is 12.8. The second kappa shape index (κ2) is 6.82. The Balaban J connectivity index is 2.22. The summed E-state index contributed by atoms with van der Waals surface area (Å²) in [4.78, 5) is 0. The molecule has 0 spiro atoms. The molecule has 0 saturated heterocycles. The number of rotatable bonds is 4. The minimum Gasteiger partial charge on any atom is -0.317 e. The number of halogens is 3. The van der Waals surface area contributed by atoms with Gasteiger partial charge in [-0.05, 0) is 68.0 Å². The maximum atomic E-state index is 12.8. The maximum absolute atomic E-state index is 12.8. The molecule has 4 heteroatoms. The van der Waals surface area contributed by atoms with E-state index in [-0.39, 0.29) is 0 Å². The van der Waals surface area contributed by atoms with Crippen molar-refractivity contribution in [1.29, 1.82) is 0 Å². The standard InChI is InChI=1S/C17H24F3N/c1-3-21-11-13-6-4-5-7-16(13)15-9-8-14(10-12(15)2)17(18,19)20/h8-10,13,16,21H,3-7,11H2,1-2H3. The number of hydrogen-bond acceptors (Lipinski definition) is 1. The third-order valence-corrected chi connectivity index (χ3v) is 4.56. The summed E-state index contributed by atoms with van der Waals surface area (Å²) in [6, 6.07) is 4.24. The fourth-order valence-electron chi connectivity index (χ4n) is 3.46. The number of hydrogen-bond donors (Lipinski definition) is 1. The summed E-state index contributed by atoms with van der Waals surface area (Å²) >= 11 is 0. The Morgan fingerprint density at radius 1 is 1.19 bits per heavy atom. The van der Waals surface area contributed by atoms with Gasteiger partial charge < -0.3 is 5.32 Å². The van der Waals surface area contributed by atoms with Gasteiger partial charge in [-0.1, -0.05) is 25.8 Å². The zero-order chi connectivity index (χ0) is 15.5. The van der Waals surface area contributed by atoms with Crippen molar-refractivity contribution in [2.45, 2.75) is 51.6 Å². The Morgan fingerprint density at radius 2 is 1.90 bits per heavy atom. The Kier molecular flexibility index (Phi) is 5.31. The smallest absolute Gasteiger partial charge is 0.317 e. The van der Waals surface area contributed by atoms with E-state index in [1.807, 2.05) is 6.92 Å². The molecule has 0 amide bonds. The highest BCUT2D eigenvalue weighted by atomic mass is 19.4. The second-order valence-electron chi connectivity index (χ2n) is 6.03. The van der Waals surface area contributed by atoms with E-state index >= 15 is 0 Å². The first-order valence-corrected chi connectivity index (χ1v) is 7.82. The van der Waals surface area contributed by atoms with Crippen LogP contribution in [0.4, 0.5) is 13.2 Å². The van der Waals surface area contributed by atoms with Crippen LogP contribution >= 0.6 is 0 Å². The van der Waals surface area contributed by atoms with Gasteiger partial charge in [0.2, 0.25) is 0 Å². The van der Waals surface area contributed by atoms with Crippen LogP contribution in [0, 0.1) is 12.8 Å². The van der Waals surface area contributed by atoms with Gasteiger partial charge in [0, 0.05) is 0 Å². The van der Waals surface area contributed by atoms with Crippen LogP contribution < -0.4 is 5.32 Å². The topological polar surface area (TPSA) is 12.0 Å². The van der Waals surface area contributed by atoms with Crippen LogP contribution in [0.5, 0.6) is 0 Å². The number of nitrogens with one attached hydrogen (secondary N) is 1. The van der Waals surface area contributed by atoms with Gasteiger partial charge in [0.1, 0.15) is 0 Å². The number of benzene rings is 1. The number of aryl methyl sites for hydroxylation is 1. The van der Waals surface area contributed by atoms with Crippen LogP contribution in [-0.2, 0) is 6.18 Å². The van der Waals surface area contributed by atoms with E-state index in [2.05, 4.69) is 12.2 Å². The molecule has 1 saturated carbocycles. The van der Waals surface area contributed by atoms with Gasteiger partial charge in [-0.25, -0.2) is 0 Å². The van der Waals surface area contributed by atoms with Crippen LogP contribution in [0.2, 0.25) is 0 Å². The molecule has 2 unspecified atom stereocenters. The molecule has 1 N–H and O–H groups in total. The van der Waals surface area contributed by atoms with Gasteiger partial charge in [-0.2, -0.15) is 13.2 Å². The fourth-order valence-corrected chi connectivity index (χ4v) is 3.46. The Hall–Kier alpha value is -1.03. The van der Waals surface area contributed by atoms with Crippen LogP contribution in [0.25, 0.3) is 0 Å². The average Bonchev–Trinajstić information content (AvgIpc) is 2.44. The molecule has 1 aromatic rings. The molecule has 1 aliphatic rings. The quantitative estimate of drug-likeness (QED) is 0.834. The van der Waals surface area contributed by atoms with Gasteiger partial charge in [0.25, 0.3) is 0 Å². The molecule has 1 aromatic carbocycles. The first-order chi connectivity index (χ1) is 9.93. The molecule has 1 nitrogen and oxygen atoms in total. The summed E-state index contributed by atoms with van der Waals surface area (Å²) in [5.74, 6) is 0.925. The molecule has 0 heterocycles. The minimum absolute atomic E-state index is 0.389. The van der Waals surface area contributed by atoms with Crippen molar-refractivity contribution in [1.82, 2.24) is 5.32 Å². The SMILES string of the molecule is CCNCC1CCCCC1c1ccc(C(F)(F)F)cc1C. The van der Waals surface area contributed by atoms with Crippen molar-refractivity contribution < 1.29 is 13.2 Å². The molecular weight excluding hydrogens is 275 g/mol. The first kappa shape index (κ1) is 16.3. The van der Waals surface area contributed by atoms with E-state index < -0.39 is 11.7 Å². The predicted molar refractivity (Wildman–Crippen MR) is 79.4 cm³/mol. The fraction of sp³-hybridized carbons (Fsp3) is 0.647. The van der Waals surface area contributed by atoms with E-state index in [0.29, 0.717) is 11.8 Å². The van der Waals surface area contributed by atoms with E-state index in [9.17, 15) is 13.2 Å². The lowest BCUT2D eigenvalue weighted by atomic mass is 9.74. The van der Waals surface area contributed by atoms with Crippen LogP contribution in [0.1, 0.15) is 55.2 Å². The Morgan fingerprint density at radius 3 is 2.52 bits per heavy atom. The number of alkyl halides is 3. The summed E-state index contributed by atoms with van der Waals surface area (Å²) < 4.78 is 38.3. The maximum Gasteiger partial charge on any atom is 0.416 e. The second-order valence-corrected chi connectivity index (χ2v) is 6.03. The van der Waals surface area contributed by atoms with Crippen molar-refractivity contribution in [3.8, 4) is 0 Å². The summed E-state index contributed by atoms with van der Waals surface area (Å²) in [6.45, 7) is 5.79. The predicted octanol–water partition coefficient (Wildman–Crippen LogP) is 4.90. The third-order valence-electron chi connectivity index (χ3n) is 4.56. The van der Waals surface area contributed by atoms with Gasteiger partial charge in [-0.3, -0.25) is 0 Å². The lowest BCUT2D eigenvalue weighted by Crippen LogP contribution is -2.29. The summed E-state index contributed by atoms with van der Waals surface area (Å²) in [5.41, 5.74) is 1.34. The van der Waals surface area contributed by atoms with Crippen LogP contribution in [0.3, 0.4) is 0 Å². The van der Waals surface area contributed by atoms with Crippen molar-refractivity contribution in [3.63, 3.8) is 0 Å². The molecule has 0 bridgehead atoms. The van der Waals surface area contributed by atoms with Gasteiger partial charge in [0.05, 0.1) is 5.56 Å². The minimum atomic E-state index is -4.25. The average molecular weight is 299 g/mol. The lowest BCUT2D eigenvalue weighted by molar-refractivity contribution is -0.137. The molecule has 2 rings (SSSR count). The molecular formula is C17H24F3N. The molecule has 0 aliphatic heterocycles. The molecule has 1 fully saturated rings. The molecule has 118 valence electrons. The molecule has 1 aliphatic carbocycles. The lowest BCUT2D eigenvalue weighted by Gasteiger charge is -2.33. The Bertz CT molecular complexity index is 468. The zero-order valence-corrected chi connectivity index (χ0v) is 12.8. The van der Waals surface area contributed by atoms with Crippen LogP contribution in [-0.4, -0.2) is 13.1 Å². The normalized spacial score (nSPS) is 23.3. The van der Waals surface area contributed by atoms with Gasteiger partial charge in [-0.15, -0.1) is 0 Å². The van der Waals surface area contributed by atoms with E-state index in [0.717, 1.165) is 37.1 Å². The highest BCUT2D eigenvalue weighted by Crippen LogP contribution is 2.40. The van der Waals surface area contributed by atoms with Crippen molar-refractivity contribution in [2.24, 2.45) is 5.92 Å². The third kappa shape index (κ3) is 4.00. The van der Waals surface area contributed by atoms with E-state index in [4.69, 9.17) is 0 Å². The monoisotopic (exact) mass is 299 g/mol. The van der Waals surface area contributed by atoms with Crippen molar-refractivity contribution >= 4 is 0 Å². The molecule has 0 aromatic heterocycles. The highest BCUT2D eigenvalue weighted by molar-refractivity contribution is 5.35. The van der Waals surface area contributed by atoms with E-state index in [1.54, 1.807) is 6.07 Å². The van der Waals surface area contributed by atoms with Gasteiger partial charge >= 0.3 is 6.18 Å². The first-order valence-electron chi connectivity index (χ1n) is 7.82. The van der Waals surface area contributed by atoms with Crippen molar-refractivity contribution in [2.75, 3.05) is 13.1 Å². The van der Waals surface area contributed by atoms with Crippen LogP contribution in [0.15, 0.2) is 18.2 Å². The van der Waals surface area contributed by atoms with E-state index in [1.165, 1.54) is 25.0 Å². The summed E-state index contributed by atoms with van der Waals surface area (Å²) in [6.07, 6.45) is 0.402. The van der Waals surface area contributed by atoms with Gasteiger partial charge in [0.15, 0.2) is 0 Å². The molecule has 21 heavy (non-hydrogen) atoms. The molecule has 0 radical (unpaired) electrons. The molecule has 2 atom stereocenters. The highest BCUT2D eigenvalue weighted by Gasteiger charge is 2.32.